The highest BCUT2D eigenvalue weighted by atomic mass is 79.9. The molecule has 0 radical (unpaired) electrons. The Kier molecular flexibility index (Phi) is 2.84. The molecular formula is C10H11BrN2O. The normalized spacial score (nSPS) is 11.0. The first-order valence-corrected chi connectivity index (χ1v) is 5.29. The summed E-state index contributed by atoms with van der Waals surface area (Å²) in [6.07, 6.45) is 1.00. The summed E-state index contributed by atoms with van der Waals surface area (Å²) < 4.78 is 5.92. The largest absolute Gasteiger partial charge is 0.355 e. The quantitative estimate of drug-likeness (QED) is 0.914. The Morgan fingerprint density at radius 3 is 3.14 bits per heavy atom. The van der Waals surface area contributed by atoms with E-state index in [-0.39, 0.29) is 0 Å². The molecule has 1 aromatic heterocycles. The van der Waals surface area contributed by atoms with Crippen LogP contribution < -0.4 is 5.32 Å². The van der Waals surface area contributed by atoms with Crippen molar-refractivity contribution in [3.8, 4) is 0 Å². The zero-order chi connectivity index (χ0) is 9.97. The second kappa shape index (κ2) is 4.11. The number of benzene rings is 1. The predicted octanol–water partition coefficient (Wildman–Crippen LogP) is 2.35. The molecule has 14 heavy (non-hydrogen) atoms. The van der Waals surface area contributed by atoms with E-state index in [0.29, 0.717) is 0 Å². The van der Waals surface area contributed by atoms with Crippen molar-refractivity contribution in [1.82, 2.24) is 10.5 Å². The van der Waals surface area contributed by atoms with Crippen LogP contribution in [0.5, 0.6) is 0 Å². The molecule has 1 N–H and O–H groups in total. The van der Waals surface area contributed by atoms with Gasteiger partial charge in [0.05, 0.1) is 5.39 Å². The SMILES string of the molecule is CNCCc1ccc2c(Br)noc2c1. The molecule has 1 aromatic carbocycles. The summed E-state index contributed by atoms with van der Waals surface area (Å²) in [5.74, 6) is 0. The summed E-state index contributed by atoms with van der Waals surface area (Å²) in [7, 11) is 1.95. The van der Waals surface area contributed by atoms with Gasteiger partial charge < -0.3 is 9.84 Å². The van der Waals surface area contributed by atoms with Crippen molar-refractivity contribution in [1.29, 1.82) is 0 Å². The molecule has 74 valence electrons. The molecule has 0 unspecified atom stereocenters. The summed E-state index contributed by atoms with van der Waals surface area (Å²) in [6, 6.07) is 6.16. The lowest BCUT2D eigenvalue weighted by atomic mass is 10.1. The monoisotopic (exact) mass is 254 g/mol. The van der Waals surface area contributed by atoms with E-state index < -0.39 is 0 Å². The van der Waals surface area contributed by atoms with Crippen LogP contribution in [-0.2, 0) is 6.42 Å². The van der Waals surface area contributed by atoms with Crippen molar-refractivity contribution in [3.63, 3.8) is 0 Å². The Hall–Kier alpha value is -0.870. The molecular weight excluding hydrogens is 244 g/mol. The highest BCUT2D eigenvalue weighted by Crippen LogP contribution is 2.23. The standard InChI is InChI=1S/C10H11BrN2O/c1-12-5-4-7-2-3-8-9(6-7)14-13-10(8)11/h2-3,6,12H,4-5H2,1H3. The lowest BCUT2D eigenvalue weighted by Gasteiger charge is -1.99. The maximum absolute atomic E-state index is 5.15. The number of likely N-dealkylation sites (N-methyl/N-ethyl adjacent to an activating group) is 1. The minimum absolute atomic E-state index is 0.771. The smallest absolute Gasteiger partial charge is 0.168 e. The van der Waals surface area contributed by atoms with Gasteiger partial charge in [0.2, 0.25) is 0 Å². The van der Waals surface area contributed by atoms with Crippen LogP contribution >= 0.6 is 15.9 Å². The van der Waals surface area contributed by atoms with Gasteiger partial charge in [-0.25, -0.2) is 0 Å². The lowest BCUT2D eigenvalue weighted by Crippen LogP contribution is -2.10. The maximum Gasteiger partial charge on any atom is 0.168 e. The van der Waals surface area contributed by atoms with Crippen LogP contribution in [-0.4, -0.2) is 18.7 Å². The Labute approximate surface area is 90.6 Å². The highest BCUT2D eigenvalue weighted by Gasteiger charge is 2.05. The molecule has 4 heteroatoms. The first-order chi connectivity index (χ1) is 6.81. The minimum atomic E-state index is 0.771. The third-order valence-corrected chi connectivity index (χ3v) is 2.73. The molecule has 0 aliphatic carbocycles. The van der Waals surface area contributed by atoms with Crippen molar-refractivity contribution in [2.45, 2.75) is 6.42 Å². The third-order valence-electron chi connectivity index (χ3n) is 2.16. The van der Waals surface area contributed by atoms with Gasteiger partial charge in [0.15, 0.2) is 10.2 Å². The number of aromatic nitrogens is 1. The van der Waals surface area contributed by atoms with Crippen LogP contribution in [0.25, 0.3) is 11.0 Å². The van der Waals surface area contributed by atoms with Gasteiger partial charge in [0.1, 0.15) is 0 Å². The van der Waals surface area contributed by atoms with Gasteiger partial charge in [0.25, 0.3) is 0 Å². The summed E-state index contributed by atoms with van der Waals surface area (Å²) in [4.78, 5) is 0. The van der Waals surface area contributed by atoms with E-state index in [4.69, 9.17) is 4.52 Å². The Morgan fingerprint density at radius 2 is 2.36 bits per heavy atom. The van der Waals surface area contributed by atoms with Crippen LogP contribution in [0.15, 0.2) is 27.3 Å². The summed E-state index contributed by atoms with van der Waals surface area (Å²) in [5, 5.41) is 7.98. The number of halogens is 1. The number of hydrogen-bond donors (Lipinski definition) is 1. The maximum atomic E-state index is 5.15. The molecule has 0 aliphatic rings. The van der Waals surface area contributed by atoms with Gasteiger partial charge >= 0.3 is 0 Å². The topological polar surface area (TPSA) is 38.1 Å². The molecule has 0 saturated heterocycles. The van der Waals surface area contributed by atoms with E-state index in [2.05, 4.69) is 32.5 Å². The molecule has 0 aliphatic heterocycles. The zero-order valence-corrected chi connectivity index (χ0v) is 9.47. The van der Waals surface area contributed by atoms with Crippen molar-refractivity contribution in [2.75, 3.05) is 13.6 Å². The molecule has 0 fully saturated rings. The van der Waals surface area contributed by atoms with Gasteiger partial charge in [0, 0.05) is 0 Å². The van der Waals surface area contributed by atoms with E-state index in [0.717, 1.165) is 28.5 Å². The molecule has 2 aromatic rings. The van der Waals surface area contributed by atoms with Gasteiger partial charge in [-0.1, -0.05) is 11.2 Å². The average Bonchev–Trinajstić information content (AvgIpc) is 2.57. The van der Waals surface area contributed by atoms with Gasteiger partial charge in [-0.2, -0.15) is 0 Å². The summed E-state index contributed by atoms with van der Waals surface area (Å²) in [5.41, 5.74) is 2.10. The first-order valence-electron chi connectivity index (χ1n) is 4.49. The van der Waals surface area contributed by atoms with Gasteiger partial charge in [-0.15, -0.1) is 0 Å². The fourth-order valence-electron chi connectivity index (χ4n) is 1.38. The second-order valence-corrected chi connectivity index (χ2v) is 3.91. The molecule has 0 spiro atoms. The average molecular weight is 255 g/mol. The van der Waals surface area contributed by atoms with Crippen molar-refractivity contribution in [2.24, 2.45) is 0 Å². The van der Waals surface area contributed by atoms with E-state index in [9.17, 15) is 0 Å². The molecule has 0 atom stereocenters. The molecule has 0 bridgehead atoms. The number of fused-ring (bicyclic) bond motifs is 1. The fraction of sp³-hybridized carbons (Fsp3) is 0.300. The third kappa shape index (κ3) is 1.81. The lowest BCUT2D eigenvalue weighted by molar-refractivity contribution is 0.451. The van der Waals surface area contributed by atoms with Crippen LogP contribution in [0.1, 0.15) is 5.56 Å². The second-order valence-electron chi connectivity index (χ2n) is 3.16. The number of nitrogens with one attached hydrogen (secondary N) is 1. The number of nitrogens with zero attached hydrogens (tertiary/aromatic N) is 1. The summed E-state index contributed by atoms with van der Waals surface area (Å²) in [6.45, 7) is 0.973. The predicted molar refractivity (Wildman–Crippen MR) is 59.3 cm³/mol. The molecule has 3 nitrogen and oxygen atoms in total. The van der Waals surface area contributed by atoms with Crippen LogP contribution in [0, 0.1) is 0 Å². The summed E-state index contributed by atoms with van der Waals surface area (Å²) >= 11 is 3.33. The van der Waals surface area contributed by atoms with Gasteiger partial charge in [-0.3, -0.25) is 0 Å². The Balaban J connectivity index is 2.32. The van der Waals surface area contributed by atoms with E-state index in [1.54, 1.807) is 0 Å². The van der Waals surface area contributed by atoms with Crippen LogP contribution in [0.2, 0.25) is 0 Å². The van der Waals surface area contributed by atoms with Crippen molar-refractivity contribution in [3.05, 3.63) is 28.4 Å². The van der Waals surface area contributed by atoms with E-state index in [1.165, 1.54) is 5.56 Å². The van der Waals surface area contributed by atoms with Gasteiger partial charge in [-0.05, 0) is 53.6 Å². The van der Waals surface area contributed by atoms with E-state index in [1.807, 2.05) is 19.2 Å². The Bertz CT molecular complexity index is 439. The minimum Gasteiger partial charge on any atom is -0.355 e. The van der Waals surface area contributed by atoms with E-state index >= 15 is 0 Å². The molecule has 1 heterocycles. The Morgan fingerprint density at radius 1 is 1.50 bits per heavy atom. The molecule has 0 amide bonds. The first kappa shape index (κ1) is 9.68. The zero-order valence-electron chi connectivity index (χ0n) is 7.88. The molecule has 0 saturated carbocycles. The van der Waals surface area contributed by atoms with Crippen LogP contribution in [0.4, 0.5) is 0 Å². The van der Waals surface area contributed by atoms with Crippen LogP contribution in [0.3, 0.4) is 0 Å². The van der Waals surface area contributed by atoms with Crippen molar-refractivity contribution >= 4 is 26.9 Å². The highest BCUT2D eigenvalue weighted by molar-refractivity contribution is 9.10. The molecule has 2 rings (SSSR count). The fourth-order valence-corrected chi connectivity index (χ4v) is 1.78. The number of rotatable bonds is 3. The van der Waals surface area contributed by atoms with Crippen molar-refractivity contribution < 1.29 is 4.52 Å². The number of hydrogen-bond acceptors (Lipinski definition) is 3.